The van der Waals surface area contributed by atoms with Gasteiger partial charge < -0.3 is 20.5 Å². The van der Waals surface area contributed by atoms with E-state index in [0.29, 0.717) is 17.4 Å². The van der Waals surface area contributed by atoms with Crippen molar-refractivity contribution < 1.29 is 14.6 Å². The van der Waals surface area contributed by atoms with Crippen LogP contribution in [0.5, 0.6) is 5.75 Å². The third-order valence-electron chi connectivity index (χ3n) is 3.05. The lowest BCUT2D eigenvalue weighted by Gasteiger charge is -2.29. The summed E-state index contributed by atoms with van der Waals surface area (Å²) in [5.74, 6) is -0.227. The van der Waals surface area contributed by atoms with Crippen LogP contribution in [0.15, 0.2) is 35.5 Å². The molecule has 0 aromatic heterocycles. The minimum Gasteiger partial charge on any atom is -0.508 e. The topological polar surface area (TPSA) is 70.6 Å². The molecule has 0 amide bonds. The molecule has 6 heteroatoms. The lowest BCUT2D eigenvalue weighted by atomic mass is 9.96. The molecule has 1 aromatic rings. The van der Waals surface area contributed by atoms with E-state index in [9.17, 15) is 9.90 Å². The molecule has 20 heavy (non-hydrogen) atoms. The Morgan fingerprint density at radius 3 is 2.65 bits per heavy atom. The fraction of sp³-hybridized carbons (Fsp3) is 0.286. The van der Waals surface area contributed by atoms with Crippen LogP contribution in [0.1, 0.15) is 25.5 Å². The number of thiocarbonyl (C=S) groups is 1. The van der Waals surface area contributed by atoms with Gasteiger partial charge in [-0.05, 0) is 49.3 Å². The first-order valence-electron chi connectivity index (χ1n) is 6.27. The third kappa shape index (κ3) is 2.91. The van der Waals surface area contributed by atoms with Crippen LogP contribution in [0.2, 0.25) is 0 Å². The van der Waals surface area contributed by atoms with Gasteiger partial charge in [0.25, 0.3) is 0 Å². The van der Waals surface area contributed by atoms with Crippen molar-refractivity contribution in [3.63, 3.8) is 0 Å². The number of ether oxygens (including phenoxy) is 1. The van der Waals surface area contributed by atoms with Crippen molar-refractivity contribution in [2.24, 2.45) is 0 Å². The van der Waals surface area contributed by atoms with Gasteiger partial charge in [-0.3, -0.25) is 0 Å². The van der Waals surface area contributed by atoms with Crippen molar-refractivity contribution in [1.29, 1.82) is 0 Å². The SMILES string of the molecule is CCOC(=O)C1=C(C)C(c2ccc(O)cc2)NC(=S)N1. The highest BCUT2D eigenvalue weighted by Gasteiger charge is 2.27. The molecule has 2 rings (SSSR count). The largest absolute Gasteiger partial charge is 0.508 e. The van der Waals surface area contributed by atoms with Gasteiger partial charge in [0.1, 0.15) is 11.4 Å². The Kier molecular flexibility index (Phi) is 4.24. The lowest BCUT2D eigenvalue weighted by molar-refractivity contribution is -0.138. The molecule has 0 spiro atoms. The number of nitrogens with one attached hydrogen (secondary N) is 2. The van der Waals surface area contributed by atoms with Crippen molar-refractivity contribution in [3.8, 4) is 5.75 Å². The zero-order valence-corrected chi connectivity index (χ0v) is 12.1. The van der Waals surface area contributed by atoms with E-state index in [1.54, 1.807) is 31.2 Å². The molecule has 1 aliphatic heterocycles. The van der Waals surface area contributed by atoms with Gasteiger partial charge in [-0.25, -0.2) is 4.79 Å². The van der Waals surface area contributed by atoms with Crippen LogP contribution in [0.4, 0.5) is 0 Å². The van der Waals surface area contributed by atoms with Crippen LogP contribution in [0.3, 0.4) is 0 Å². The highest BCUT2D eigenvalue weighted by atomic mass is 32.1. The monoisotopic (exact) mass is 292 g/mol. The quantitative estimate of drug-likeness (QED) is 0.582. The van der Waals surface area contributed by atoms with E-state index >= 15 is 0 Å². The van der Waals surface area contributed by atoms with Crippen molar-refractivity contribution in [1.82, 2.24) is 10.6 Å². The Labute approximate surface area is 122 Å². The Balaban J connectivity index is 2.37. The summed E-state index contributed by atoms with van der Waals surface area (Å²) >= 11 is 5.13. The van der Waals surface area contributed by atoms with Crippen molar-refractivity contribution in [3.05, 3.63) is 41.1 Å². The first kappa shape index (κ1) is 14.3. The maximum atomic E-state index is 11.9. The van der Waals surface area contributed by atoms with Gasteiger partial charge in [0.05, 0.1) is 12.6 Å². The first-order chi connectivity index (χ1) is 9.52. The lowest BCUT2D eigenvalue weighted by Crippen LogP contribution is -2.45. The summed E-state index contributed by atoms with van der Waals surface area (Å²) < 4.78 is 5.02. The van der Waals surface area contributed by atoms with Gasteiger partial charge in [-0.2, -0.15) is 0 Å². The average Bonchev–Trinajstić information content (AvgIpc) is 2.42. The molecule has 5 nitrogen and oxygen atoms in total. The Morgan fingerprint density at radius 2 is 2.05 bits per heavy atom. The number of esters is 1. The Morgan fingerprint density at radius 1 is 1.40 bits per heavy atom. The van der Waals surface area contributed by atoms with E-state index in [2.05, 4.69) is 10.6 Å². The van der Waals surface area contributed by atoms with Crippen LogP contribution in [-0.2, 0) is 9.53 Å². The minimum atomic E-state index is -0.419. The summed E-state index contributed by atoms with van der Waals surface area (Å²) in [6.07, 6.45) is 0. The van der Waals surface area contributed by atoms with Crippen LogP contribution in [-0.4, -0.2) is 22.8 Å². The molecule has 1 atom stereocenters. The predicted molar refractivity (Wildman–Crippen MR) is 79.1 cm³/mol. The Hall–Kier alpha value is -2.08. The molecule has 0 saturated heterocycles. The summed E-state index contributed by atoms with van der Waals surface area (Å²) in [6.45, 7) is 3.90. The van der Waals surface area contributed by atoms with Crippen LogP contribution in [0, 0.1) is 0 Å². The molecular formula is C14H16N2O3S. The van der Waals surface area contributed by atoms with Crippen LogP contribution >= 0.6 is 12.2 Å². The van der Waals surface area contributed by atoms with Crippen molar-refractivity contribution in [2.75, 3.05) is 6.61 Å². The fourth-order valence-corrected chi connectivity index (χ4v) is 2.27. The number of hydrogen-bond donors (Lipinski definition) is 3. The number of aromatic hydroxyl groups is 1. The van der Waals surface area contributed by atoms with Gasteiger partial charge in [-0.1, -0.05) is 12.1 Å². The van der Waals surface area contributed by atoms with E-state index in [1.807, 2.05) is 6.92 Å². The van der Waals surface area contributed by atoms with Crippen LogP contribution in [0.25, 0.3) is 0 Å². The zero-order chi connectivity index (χ0) is 14.7. The first-order valence-corrected chi connectivity index (χ1v) is 6.68. The molecule has 0 radical (unpaired) electrons. The minimum absolute atomic E-state index is 0.192. The van der Waals surface area contributed by atoms with Crippen LogP contribution < -0.4 is 10.6 Å². The van der Waals surface area contributed by atoms with E-state index in [1.165, 1.54) is 0 Å². The molecule has 0 fully saturated rings. The summed E-state index contributed by atoms with van der Waals surface area (Å²) in [6, 6.07) is 6.54. The Bertz CT molecular complexity index is 566. The predicted octanol–water partition coefficient (Wildman–Crippen LogP) is 1.75. The number of phenols is 1. The van der Waals surface area contributed by atoms with Gasteiger partial charge in [0, 0.05) is 0 Å². The zero-order valence-electron chi connectivity index (χ0n) is 11.3. The molecule has 0 saturated carbocycles. The number of benzene rings is 1. The molecule has 1 aromatic carbocycles. The summed E-state index contributed by atoms with van der Waals surface area (Å²) in [4.78, 5) is 11.9. The second-order valence-corrected chi connectivity index (χ2v) is 4.81. The molecule has 0 bridgehead atoms. The molecule has 0 aliphatic carbocycles. The number of hydrogen-bond acceptors (Lipinski definition) is 4. The third-order valence-corrected chi connectivity index (χ3v) is 3.27. The molecule has 106 valence electrons. The fourth-order valence-electron chi connectivity index (χ4n) is 2.05. The number of carbonyl (C=O) groups excluding carboxylic acids is 1. The second-order valence-electron chi connectivity index (χ2n) is 4.40. The number of rotatable bonds is 3. The number of phenolic OH excluding ortho intramolecular Hbond substituents is 1. The van der Waals surface area contributed by atoms with E-state index in [4.69, 9.17) is 17.0 Å². The van der Waals surface area contributed by atoms with Crippen molar-refractivity contribution >= 4 is 23.3 Å². The highest BCUT2D eigenvalue weighted by Crippen LogP contribution is 2.27. The van der Waals surface area contributed by atoms with Crippen molar-refractivity contribution in [2.45, 2.75) is 19.9 Å². The molecule has 1 aliphatic rings. The highest BCUT2D eigenvalue weighted by molar-refractivity contribution is 7.80. The summed E-state index contributed by atoms with van der Waals surface area (Å²) in [7, 11) is 0. The molecule has 1 heterocycles. The van der Waals surface area contributed by atoms with Gasteiger partial charge in [-0.15, -0.1) is 0 Å². The molecule has 1 unspecified atom stereocenters. The number of carbonyl (C=O) groups is 1. The standard InChI is InChI=1S/C14H16N2O3S/c1-3-19-13(18)12-8(2)11(15-14(20)16-12)9-4-6-10(17)7-5-9/h4-7,11,17H,3H2,1-2H3,(H2,15,16,20). The normalized spacial score (nSPS) is 18.3. The van der Waals surface area contributed by atoms with E-state index < -0.39 is 5.97 Å². The van der Waals surface area contributed by atoms with Gasteiger partial charge in [0.15, 0.2) is 5.11 Å². The maximum absolute atomic E-state index is 11.9. The van der Waals surface area contributed by atoms with Gasteiger partial charge in [0.2, 0.25) is 0 Å². The summed E-state index contributed by atoms with van der Waals surface area (Å²) in [5, 5.41) is 15.7. The smallest absolute Gasteiger partial charge is 0.354 e. The molecule has 3 N–H and O–H groups in total. The molecular weight excluding hydrogens is 276 g/mol. The van der Waals surface area contributed by atoms with E-state index in [0.717, 1.165) is 11.1 Å². The maximum Gasteiger partial charge on any atom is 0.354 e. The van der Waals surface area contributed by atoms with E-state index in [-0.39, 0.29) is 11.8 Å². The van der Waals surface area contributed by atoms with Gasteiger partial charge >= 0.3 is 5.97 Å². The second kappa shape index (κ2) is 5.92. The summed E-state index contributed by atoms with van der Waals surface area (Å²) in [5.41, 5.74) is 2.07. The average molecular weight is 292 g/mol.